The number of hydrogen-bond acceptors (Lipinski definition) is 7. The van der Waals surface area contributed by atoms with Crippen LogP contribution in [0, 0.1) is 15.3 Å². The van der Waals surface area contributed by atoms with E-state index in [9.17, 15) is 0 Å². The SMILES string of the molecule is O=C(O)C(=O)O.O=C([O-])O.O=[N+]([O-])[O-].[K+].[Na+]. The van der Waals surface area contributed by atoms with Crippen LogP contribution in [0.2, 0.25) is 0 Å². The molecule has 0 fully saturated rings. The largest absolute Gasteiger partial charge is 1.00 e. The van der Waals surface area contributed by atoms with Crippen molar-refractivity contribution in [2.24, 2.45) is 0 Å². The smallest absolute Gasteiger partial charge is 0.565 e. The van der Waals surface area contributed by atoms with Gasteiger partial charge in [0.1, 0.15) is 0 Å². The molecule has 0 rings (SSSR count). The first-order valence-electron chi connectivity index (χ1n) is 2.29. The molecule has 0 heterocycles. The fraction of sp³-hybridized carbons (Fsp3) is 0. The molecule has 3 N–H and O–H groups in total. The topological polar surface area (TPSA) is 201 Å². The van der Waals surface area contributed by atoms with Crippen LogP contribution < -0.4 is 86.0 Å². The molecule has 0 aromatic rings. The molecule has 0 radical (unpaired) electrons. The molecule has 16 heavy (non-hydrogen) atoms. The van der Waals surface area contributed by atoms with Crippen molar-refractivity contribution >= 4 is 18.1 Å². The molecule has 11 nitrogen and oxygen atoms in total. The summed E-state index contributed by atoms with van der Waals surface area (Å²) < 4.78 is 0. The average Bonchev–Trinajstić information content (AvgIpc) is 1.83. The number of carboxylic acid groups (broad SMARTS) is 4. The van der Waals surface area contributed by atoms with Gasteiger partial charge in [-0.05, 0) is 0 Å². The van der Waals surface area contributed by atoms with Crippen molar-refractivity contribution in [2.75, 3.05) is 0 Å². The summed E-state index contributed by atoms with van der Waals surface area (Å²) in [5.74, 6) is -3.65. The van der Waals surface area contributed by atoms with Gasteiger partial charge in [-0.1, -0.05) is 0 Å². The number of carbonyl (C=O) groups is 3. The van der Waals surface area contributed by atoms with Crippen molar-refractivity contribution in [3.8, 4) is 0 Å². The molecule has 0 atom stereocenters. The van der Waals surface area contributed by atoms with Crippen LogP contribution in [-0.4, -0.2) is 38.5 Å². The second kappa shape index (κ2) is 20.5. The van der Waals surface area contributed by atoms with Gasteiger partial charge in [-0.25, -0.2) is 9.59 Å². The summed E-state index contributed by atoms with van der Waals surface area (Å²) in [6.07, 6.45) is -2.08. The molecule has 0 unspecified atom stereocenters. The predicted molar refractivity (Wildman–Crippen MR) is 33.7 cm³/mol. The molecule has 82 valence electrons. The standard InChI is InChI=1S/C2H2O4.CH2O3.K.NO3.Na/c3-1(4)2(5)6;2-1(3)4;;2-1(3)4;/h(H,3,4)(H,5,6);(H2,2,3,4);;;/q;;+1;-1;+1/p-1. The first kappa shape index (κ1) is 29.8. The summed E-state index contributed by atoms with van der Waals surface area (Å²) in [4.78, 5) is 34.9. The number of rotatable bonds is 0. The van der Waals surface area contributed by atoms with Gasteiger partial charge in [0.15, 0.2) is 0 Å². The van der Waals surface area contributed by atoms with E-state index in [1.807, 2.05) is 0 Å². The molecule has 0 aromatic heterocycles. The van der Waals surface area contributed by atoms with Crippen molar-refractivity contribution in [2.45, 2.75) is 0 Å². The predicted octanol–water partition coefficient (Wildman–Crippen LogP) is -8.19. The summed E-state index contributed by atoms with van der Waals surface area (Å²) >= 11 is 0. The van der Waals surface area contributed by atoms with E-state index in [-0.39, 0.29) is 80.9 Å². The fourth-order valence-electron chi connectivity index (χ4n) is 0. The van der Waals surface area contributed by atoms with Gasteiger partial charge in [0, 0.05) is 0 Å². The van der Waals surface area contributed by atoms with Crippen LogP contribution in [0.4, 0.5) is 4.79 Å². The van der Waals surface area contributed by atoms with Crippen LogP contribution in [0.1, 0.15) is 0 Å². The Morgan fingerprint density at radius 3 is 1.00 bits per heavy atom. The molecule has 0 saturated carbocycles. The molecule has 0 saturated heterocycles. The number of nitrogens with zero attached hydrogens (tertiary/aromatic N) is 1. The van der Waals surface area contributed by atoms with Crippen molar-refractivity contribution < 1.29 is 121 Å². The quantitative estimate of drug-likeness (QED) is 0.165. The summed E-state index contributed by atoms with van der Waals surface area (Å²) in [5.41, 5.74) is 0. The number of aliphatic carboxylic acids is 2. The van der Waals surface area contributed by atoms with Gasteiger partial charge >= 0.3 is 92.9 Å². The van der Waals surface area contributed by atoms with Crippen LogP contribution in [0.25, 0.3) is 0 Å². The van der Waals surface area contributed by atoms with Gasteiger partial charge in [0.05, 0.1) is 5.09 Å². The maximum Gasteiger partial charge on any atom is 1.00 e. The summed E-state index contributed by atoms with van der Waals surface area (Å²) in [5, 5.41) is 44.8. The van der Waals surface area contributed by atoms with Crippen molar-refractivity contribution in [1.82, 2.24) is 0 Å². The second-order valence-electron chi connectivity index (χ2n) is 1.10. The van der Waals surface area contributed by atoms with Crippen LogP contribution in [0.15, 0.2) is 0 Å². The molecule has 0 spiro atoms. The zero-order valence-corrected chi connectivity index (χ0v) is 13.3. The molecule has 0 amide bonds. The minimum atomic E-state index is -2.08. The van der Waals surface area contributed by atoms with Gasteiger partial charge in [-0.15, -0.1) is 0 Å². The van der Waals surface area contributed by atoms with Crippen molar-refractivity contribution in [1.29, 1.82) is 0 Å². The van der Waals surface area contributed by atoms with Gasteiger partial charge in [0.2, 0.25) is 6.16 Å². The van der Waals surface area contributed by atoms with Gasteiger partial charge in [0.25, 0.3) is 0 Å². The van der Waals surface area contributed by atoms with Gasteiger partial charge in [-0.3, -0.25) is 0 Å². The third-order valence-electron chi connectivity index (χ3n) is 0.183. The molecule has 0 aromatic carbocycles. The third-order valence-corrected chi connectivity index (χ3v) is 0.183. The Kier molecular flexibility index (Phi) is 38.1. The van der Waals surface area contributed by atoms with E-state index >= 15 is 0 Å². The number of hydrogen-bond donors (Lipinski definition) is 3. The van der Waals surface area contributed by atoms with E-state index in [2.05, 4.69) is 0 Å². The molecule has 0 aliphatic carbocycles. The normalized spacial score (nSPS) is 5.75. The summed E-state index contributed by atoms with van der Waals surface area (Å²) in [6.45, 7) is 0. The molecule has 0 aliphatic heterocycles. The summed E-state index contributed by atoms with van der Waals surface area (Å²) in [6, 6.07) is 0. The first-order valence-corrected chi connectivity index (χ1v) is 2.29. The Morgan fingerprint density at radius 1 is 0.938 bits per heavy atom. The second-order valence-corrected chi connectivity index (χ2v) is 1.10. The average molecular weight is 275 g/mol. The fourth-order valence-corrected chi connectivity index (χ4v) is 0. The van der Waals surface area contributed by atoms with E-state index in [0.717, 1.165) is 0 Å². The minimum absolute atomic E-state index is 0. The van der Waals surface area contributed by atoms with Gasteiger partial charge < -0.3 is 40.5 Å². The van der Waals surface area contributed by atoms with E-state index in [1.165, 1.54) is 0 Å². The van der Waals surface area contributed by atoms with Crippen LogP contribution in [-0.2, 0) is 9.59 Å². The third kappa shape index (κ3) is 146. The maximum atomic E-state index is 9.10. The van der Waals surface area contributed by atoms with E-state index < -0.39 is 23.2 Å². The molecular weight excluding hydrogens is 272 g/mol. The minimum Gasteiger partial charge on any atom is -0.565 e. The molecular formula is C3H3KNNaO10. The van der Waals surface area contributed by atoms with Crippen LogP contribution in [0.3, 0.4) is 0 Å². The van der Waals surface area contributed by atoms with Crippen molar-refractivity contribution in [3.63, 3.8) is 0 Å². The first-order chi connectivity index (χ1) is 6.11. The molecule has 0 aliphatic rings. The zero-order valence-electron chi connectivity index (χ0n) is 8.15. The Bertz CT molecular complexity index is 198. The summed E-state index contributed by atoms with van der Waals surface area (Å²) in [7, 11) is 0. The monoisotopic (exact) mass is 275 g/mol. The van der Waals surface area contributed by atoms with Crippen LogP contribution >= 0.6 is 0 Å². The van der Waals surface area contributed by atoms with E-state index in [4.69, 9.17) is 50.1 Å². The van der Waals surface area contributed by atoms with E-state index in [1.54, 1.807) is 0 Å². The van der Waals surface area contributed by atoms with E-state index in [0.29, 0.717) is 0 Å². The van der Waals surface area contributed by atoms with Crippen LogP contribution in [0.5, 0.6) is 0 Å². The van der Waals surface area contributed by atoms with Crippen molar-refractivity contribution in [3.05, 3.63) is 15.3 Å². The maximum absolute atomic E-state index is 9.10. The molecule has 0 bridgehead atoms. The molecule has 13 heteroatoms. The Hall–Kier alpha value is 0.0464. The van der Waals surface area contributed by atoms with Gasteiger partial charge in [-0.2, -0.15) is 0 Å². The Labute approximate surface area is 152 Å². The Balaban J connectivity index is -0.0000000367. The number of carboxylic acids is 2. The Morgan fingerprint density at radius 2 is 1.00 bits per heavy atom. The zero-order chi connectivity index (χ0) is 12.3.